The summed E-state index contributed by atoms with van der Waals surface area (Å²) in [7, 11) is 0. The average molecular weight is 985 g/mol. The summed E-state index contributed by atoms with van der Waals surface area (Å²) in [5.74, 6) is -1.71. The highest BCUT2D eigenvalue weighted by Crippen LogP contribution is 2.22. The summed E-state index contributed by atoms with van der Waals surface area (Å²) in [5, 5.41) is 14.0. The van der Waals surface area contributed by atoms with E-state index in [0.717, 1.165) is 11.1 Å². The molecule has 0 aromatic heterocycles. The molecule has 15 nitrogen and oxygen atoms in total. The molecule has 2 unspecified atom stereocenters. The number of nitrogens with zero attached hydrogens (tertiary/aromatic N) is 1. The maximum Gasteiger partial charge on any atom is 0.307 e. The molecule has 0 radical (unpaired) electrons. The molecule has 0 saturated carbocycles. The molecular weight excluding hydrogens is 919 g/mol. The fraction of sp³-hybridized carbons (Fsp3) is 0.553. The number of carbonyl (C=O) groups is 7. The first-order valence-electron chi connectivity index (χ1n) is 21.6. The zero-order valence-corrected chi connectivity index (χ0v) is 39.4. The number of carbonyl (C=O) groups excluding carboxylic acids is 7. The molecule has 5 amide bonds. The monoisotopic (exact) mass is 984 g/mol. The number of alkyl halides is 1. The highest BCUT2D eigenvalue weighted by atomic mass is 127. The number of ketones is 1. The van der Waals surface area contributed by atoms with Crippen molar-refractivity contribution in [1.29, 1.82) is 0 Å². The molecule has 2 aromatic rings. The van der Waals surface area contributed by atoms with Crippen molar-refractivity contribution in [2.45, 2.75) is 109 Å². The lowest BCUT2D eigenvalue weighted by Crippen LogP contribution is -2.60. The average Bonchev–Trinajstić information content (AvgIpc) is 3.25. The lowest BCUT2D eigenvalue weighted by atomic mass is 9.90. The summed E-state index contributed by atoms with van der Waals surface area (Å²) in [4.78, 5) is 97.3. The van der Waals surface area contributed by atoms with E-state index in [1.165, 1.54) is 6.92 Å². The van der Waals surface area contributed by atoms with Gasteiger partial charge in [-0.05, 0) is 55.6 Å². The summed E-state index contributed by atoms with van der Waals surface area (Å²) in [6.07, 6.45) is 5.96. The molecule has 3 rings (SSSR count). The third-order valence-corrected chi connectivity index (χ3v) is 11.8. The molecule has 1 aliphatic rings. The Morgan fingerprint density at radius 3 is 1.87 bits per heavy atom. The van der Waals surface area contributed by atoms with Crippen molar-refractivity contribution in [3.63, 3.8) is 0 Å². The Labute approximate surface area is 385 Å². The van der Waals surface area contributed by atoms with Gasteiger partial charge in [0.2, 0.25) is 29.5 Å². The molecule has 344 valence electrons. The molecule has 5 atom stereocenters. The number of ether oxygens (including phenoxy) is 2. The minimum Gasteiger partial charge on any atom is -0.450 e. The van der Waals surface area contributed by atoms with Gasteiger partial charge in [-0.1, -0.05) is 117 Å². The van der Waals surface area contributed by atoms with E-state index in [1.54, 1.807) is 12.1 Å². The first-order valence-corrected chi connectivity index (χ1v) is 23.2. The molecule has 1 heterocycles. The van der Waals surface area contributed by atoms with Crippen LogP contribution in [0.15, 0.2) is 60.7 Å². The van der Waals surface area contributed by atoms with E-state index in [1.807, 2.05) is 104 Å². The van der Waals surface area contributed by atoms with Crippen molar-refractivity contribution >= 4 is 63.9 Å². The van der Waals surface area contributed by atoms with E-state index < -0.39 is 65.1 Å². The van der Waals surface area contributed by atoms with Crippen LogP contribution in [-0.2, 0) is 55.9 Å². The van der Waals surface area contributed by atoms with Crippen LogP contribution in [0.4, 0.5) is 0 Å². The smallest absolute Gasteiger partial charge is 0.307 e. The van der Waals surface area contributed by atoms with E-state index in [2.05, 4.69) is 32.5 Å². The van der Waals surface area contributed by atoms with Gasteiger partial charge in [0, 0.05) is 30.4 Å². The van der Waals surface area contributed by atoms with E-state index in [-0.39, 0.29) is 73.8 Å². The lowest BCUT2D eigenvalue weighted by molar-refractivity contribution is -0.164. The van der Waals surface area contributed by atoms with Gasteiger partial charge in [-0.3, -0.25) is 38.5 Å². The van der Waals surface area contributed by atoms with Crippen LogP contribution in [0.5, 0.6) is 0 Å². The zero-order chi connectivity index (χ0) is 46.4. The second-order valence-corrected chi connectivity index (χ2v) is 17.6. The number of amides is 5. The third kappa shape index (κ3) is 19.2. The summed E-state index contributed by atoms with van der Waals surface area (Å²) in [6.45, 7) is 11.4. The summed E-state index contributed by atoms with van der Waals surface area (Å²) < 4.78 is 11.2. The van der Waals surface area contributed by atoms with Crippen LogP contribution in [0.25, 0.3) is 0 Å². The molecule has 0 aliphatic carbocycles. The number of hydrogen-bond acceptors (Lipinski definition) is 10. The number of rotatable bonds is 26. The maximum absolute atomic E-state index is 14.4. The standard InChI is InChI=1S/C47H65IN6O9/c1-7-22-49-40(55)20-21-42(57)63-47(6,31-48)43(58)37(27-32(2)3)51-46(61)39(29-35-16-12-9-13-17-35)53-45(60)38(28-33(4)5)52-44(59)36(19-18-34-14-10-8-11-15-34)50-41(56)30-54-23-25-62-26-24-54/h1,8-17,32-33,36-39H,18-31H2,2-6H3,(H,49,55)(H,50,56)(H,51,61)(H,52,59)(H,53,60)/t36-,37-,38?,39-,47?/m0/s1. The summed E-state index contributed by atoms with van der Waals surface area (Å²) in [6, 6.07) is 14.3. The number of morpholine rings is 1. The van der Waals surface area contributed by atoms with Crippen LogP contribution in [0.2, 0.25) is 0 Å². The van der Waals surface area contributed by atoms with Crippen molar-refractivity contribution < 1.29 is 43.0 Å². The number of halogens is 1. The van der Waals surface area contributed by atoms with Gasteiger partial charge in [-0.15, -0.1) is 6.42 Å². The number of nitrogens with one attached hydrogen (secondary N) is 5. The van der Waals surface area contributed by atoms with Crippen molar-refractivity contribution in [1.82, 2.24) is 31.5 Å². The van der Waals surface area contributed by atoms with Crippen LogP contribution in [0, 0.1) is 24.2 Å². The van der Waals surface area contributed by atoms with Crippen molar-refractivity contribution in [3.05, 3.63) is 71.8 Å². The summed E-state index contributed by atoms with van der Waals surface area (Å²) in [5.41, 5.74) is 0.0610. The van der Waals surface area contributed by atoms with Crippen LogP contribution < -0.4 is 26.6 Å². The zero-order valence-electron chi connectivity index (χ0n) is 37.2. The predicted molar refractivity (Wildman–Crippen MR) is 248 cm³/mol. The normalized spacial score (nSPS) is 15.7. The number of Topliss-reactive ketones (excluding diaryl/α,β-unsaturated/α-hetero) is 1. The Bertz CT molecular complexity index is 1850. The van der Waals surface area contributed by atoms with Gasteiger partial charge in [0.15, 0.2) is 11.4 Å². The summed E-state index contributed by atoms with van der Waals surface area (Å²) >= 11 is 1.94. The largest absolute Gasteiger partial charge is 0.450 e. The van der Waals surface area contributed by atoms with Gasteiger partial charge in [0.05, 0.1) is 38.8 Å². The third-order valence-electron chi connectivity index (χ3n) is 10.3. The molecule has 1 aliphatic heterocycles. The molecule has 2 aromatic carbocycles. The first kappa shape index (κ1) is 52.5. The number of esters is 1. The quantitative estimate of drug-likeness (QED) is 0.0404. The van der Waals surface area contributed by atoms with E-state index in [4.69, 9.17) is 15.9 Å². The number of benzene rings is 2. The van der Waals surface area contributed by atoms with Gasteiger partial charge >= 0.3 is 5.97 Å². The topological polar surface area (TPSA) is 201 Å². The van der Waals surface area contributed by atoms with Gasteiger partial charge in [0.25, 0.3) is 0 Å². The number of aryl methyl sites for hydroxylation is 1. The molecule has 63 heavy (non-hydrogen) atoms. The SMILES string of the molecule is C#CCNC(=O)CCC(=O)OC(C)(CI)C(=O)[C@H](CC(C)C)NC(=O)[C@H](Cc1ccccc1)NC(=O)C(CC(C)C)NC(=O)[C@H](CCc1ccccc1)NC(=O)CN1CCOCC1. The Balaban J connectivity index is 1.85. The van der Waals surface area contributed by atoms with Gasteiger partial charge in [0.1, 0.15) is 18.1 Å². The molecule has 0 bridgehead atoms. The lowest BCUT2D eigenvalue weighted by Gasteiger charge is -2.32. The van der Waals surface area contributed by atoms with Crippen molar-refractivity contribution in [3.8, 4) is 12.3 Å². The van der Waals surface area contributed by atoms with Crippen molar-refractivity contribution in [2.24, 2.45) is 11.8 Å². The van der Waals surface area contributed by atoms with Crippen LogP contribution in [0.1, 0.15) is 77.8 Å². The second-order valence-electron chi connectivity index (χ2n) is 16.8. The highest BCUT2D eigenvalue weighted by Gasteiger charge is 2.42. The predicted octanol–water partition coefficient (Wildman–Crippen LogP) is 3.06. The van der Waals surface area contributed by atoms with Gasteiger partial charge in [-0.25, -0.2) is 0 Å². The molecule has 1 saturated heterocycles. The Morgan fingerprint density at radius 1 is 0.746 bits per heavy atom. The number of hydrogen-bond donors (Lipinski definition) is 5. The fourth-order valence-corrected chi connectivity index (χ4v) is 7.51. The van der Waals surface area contributed by atoms with E-state index >= 15 is 0 Å². The van der Waals surface area contributed by atoms with Gasteiger partial charge in [-0.2, -0.15) is 0 Å². The fourth-order valence-electron chi connectivity index (χ4n) is 6.98. The van der Waals surface area contributed by atoms with Crippen LogP contribution in [0.3, 0.4) is 0 Å². The Hall–Kier alpha value is -4.86. The van der Waals surface area contributed by atoms with E-state index in [0.29, 0.717) is 32.7 Å². The Morgan fingerprint density at radius 2 is 1.29 bits per heavy atom. The number of terminal acetylenes is 1. The second kappa shape index (κ2) is 27.4. The minimum absolute atomic E-state index is 0.0124. The molecule has 16 heteroatoms. The molecular formula is C47H65IN6O9. The molecule has 0 spiro atoms. The van der Waals surface area contributed by atoms with Gasteiger partial charge < -0.3 is 36.1 Å². The Kier molecular flexibility index (Phi) is 22.8. The minimum atomic E-state index is -1.65. The molecule has 5 N–H and O–H groups in total. The van der Waals surface area contributed by atoms with Crippen LogP contribution in [-0.4, -0.2) is 120 Å². The van der Waals surface area contributed by atoms with Crippen LogP contribution >= 0.6 is 22.6 Å². The molecule has 1 fully saturated rings. The van der Waals surface area contributed by atoms with Crippen molar-refractivity contribution in [2.75, 3.05) is 43.8 Å². The first-order chi connectivity index (χ1) is 30.0. The highest BCUT2D eigenvalue weighted by molar-refractivity contribution is 14.1. The van der Waals surface area contributed by atoms with E-state index in [9.17, 15) is 33.6 Å². The maximum atomic E-state index is 14.4.